The van der Waals surface area contributed by atoms with Gasteiger partial charge in [0.25, 0.3) is 0 Å². The number of carbonyl (C=O) groups is 1. The van der Waals surface area contributed by atoms with Crippen LogP contribution in [0.5, 0.6) is 0 Å². The molecule has 1 saturated heterocycles. The number of hydrogen-bond donors (Lipinski definition) is 1. The van der Waals surface area contributed by atoms with Gasteiger partial charge >= 0.3 is 0 Å². The Morgan fingerprint density at radius 1 is 0.976 bits per heavy atom. The van der Waals surface area contributed by atoms with Crippen LogP contribution in [0.2, 0.25) is 5.02 Å². The molecule has 0 atom stereocenters. The molecule has 2 aliphatic rings. The van der Waals surface area contributed by atoms with Crippen molar-refractivity contribution in [1.29, 1.82) is 0 Å². The third kappa shape index (κ3) is 11.3. The zero-order chi connectivity index (χ0) is 29.9. The maximum absolute atomic E-state index is 12.9. The lowest BCUT2D eigenvalue weighted by molar-refractivity contribution is -0.0260. The molecule has 0 aromatic heterocycles. The zero-order valence-corrected chi connectivity index (χ0v) is 26.0. The average Bonchev–Trinajstić information content (AvgIpc) is 2.96. The maximum atomic E-state index is 12.9. The first-order chi connectivity index (χ1) is 19.5. The fraction of sp³-hybridized carbons (Fsp3) is 0.472. The highest BCUT2D eigenvalue weighted by Gasteiger charge is 2.33. The van der Waals surface area contributed by atoms with Crippen LogP contribution in [0.25, 0.3) is 0 Å². The molecule has 4 rings (SSSR count). The van der Waals surface area contributed by atoms with Gasteiger partial charge in [0.15, 0.2) is 5.78 Å². The third-order valence-electron chi connectivity index (χ3n) is 8.13. The van der Waals surface area contributed by atoms with E-state index in [0.717, 1.165) is 44.5 Å². The van der Waals surface area contributed by atoms with Crippen LogP contribution in [0.4, 0.5) is 4.39 Å². The second-order valence-electron chi connectivity index (χ2n) is 12.4. The smallest absolute Gasteiger partial charge is 0.162 e. The van der Waals surface area contributed by atoms with Crippen LogP contribution in [0.1, 0.15) is 95.0 Å². The molecule has 0 amide bonds. The largest absolute Gasteiger partial charge is 0.385 e. The van der Waals surface area contributed by atoms with Crippen LogP contribution >= 0.6 is 11.6 Å². The molecule has 2 aromatic rings. The number of carbonyl (C=O) groups excluding carboxylic acids is 1. The SMILES string of the molecule is CC1=CCCC(C)=CCC(C)(C)C=CC1.O=C(CCCN1CCC(O)(c2ccc(Cl)cc2)CC1)c1ccc(F)cc1. The summed E-state index contributed by atoms with van der Waals surface area (Å²) in [5, 5.41) is 11.5. The van der Waals surface area contributed by atoms with Gasteiger partial charge in [-0.15, -0.1) is 0 Å². The number of Topliss-reactive ketones (excluding diaryl/α,β-unsaturated/α-hetero) is 1. The Balaban J connectivity index is 0.000000263. The van der Waals surface area contributed by atoms with Crippen LogP contribution in [0.3, 0.4) is 0 Å². The second-order valence-corrected chi connectivity index (χ2v) is 12.8. The number of allylic oxidation sites excluding steroid dienone is 6. The normalized spacial score (nSPS) is 19.2. The van der Waals surface area contributed by atoms with Crippen molar-refractivity contribution in [2.24, 2.45) is 5.41 Å². The Hall–Kier alpha value is -2.53. The van der Waals surface area contributed by atoms with Crippen LogP contribution in [0.15, 0.2) is 84.0 Å². The van der Waals surface area contributed by atoms with Gasteiger partial charge in [-0.2, -0.15) is 0 Å². The standard InChI is InChI=1S/C21H23ClFNO2.C15H24/c22-18-7-5-17(6-8-18)21(26)11-14-24(15-12-21)13-1-2-20(25)16-3-9-19(23)10-4-16;1-13-7-5-8-14(2)10-12-15(3,4)11-6-9-13/h3-10,26H,1-2,11-15H2;6-7,10-11H,5,8-9,12H2,1-4H3. The number of ketones is 1. The van der Waals surface area contributed by atoms with Crippen molar-refractivity contribution in [3.05, 3.63) is 106 Å². The number of piperidine rings is 1. The lowest BCUT2D eigenvalue weighted by Gasteiger charge is -2.38. The minimum Gasteiger partial charge on any atom is -0.385 e. The minimum atomic E-state index is -0.801. The van der Waals surface area contributed by atoms with Crippen LogP contribution < -0.4 is 0 Å². The molecule has 0 saturated carbocycles. The van der Waals surface area contributed by atoms with Crippen molar-refractivity contribution in [3.8, 4) is 0 Å². The number of likely N-dealkylation sites (tertiary alicyclic amines) is 1. The summed E-state index contributed by atoms with van der Waals surface area (Å²) in [7, 11) is 0. The summed E-state index contributed by atoms with van der Waals surface area (Å²) in [4.78, 5) is 14.4. The first-order valence-electron chi connectivity index (χ1n) is 14.9. The summed E-state index contributed by atoms with van der Waals surface area (Å²) in [6, 6.07) is 13.1. The molecule has 2 aromatic carbocycles. The molecule has 1 heterocycles. The molecule has 1 N–H and O–H groups in total. The van der Waals surface area contributed by atoms with E-state index in [9.17, 15) is 14.3 Å². The number of hydrogen-bond acceptors (Lipinski definition) is 3. The monoisotopic (exact) mass is 579 g/mol. The van der Waals surface area contributed by atoms with Gasteiger partial charge in [0, 0.05) is 30.1 Å². The lowest BCUT2D eigenvalue weighted by atomic mass is 9.84. The maximum Gasteiger partial charge on any atom is 0.162 e. The molecule has 1 fully saturated rings. The predicted octanol–water partition coefficient (Wildman–Crippen LogP) is 9.46. The van der Waals surface area contributed by atoms with E-state index in [1.54, 1.807) is 0 Å². The van der Waals surface area contributed by atoms with E-state index in [1.165, 1.54) is 48.3 Å². The highest BCUT2D eigenvalue weighted by Crippen LogP contribution is 2.33. The Morgan fingerprint density at radius 3 is 2.29 bits per heavy atom. The van der Waals surface area contributed by atoms with Crippen molar-refractivity contribution in [2.75, 3.05) is 19.6 Å². The fourth-order valence-corrected chi connectivity index (χ4v) is 5.37. The molecule has 0 radical (unpaired) electrons. The molecular weight excluding hydrogens is 533 g/mol. The summed E-state index contributed by atoms with van der Waals surface area (Å²) in [5.74, 6) is -0.289. The molecule has 1 aliphatic heterocycles. The summed E-state index contributed by atoms with van der Waals surface area (Å²) in [6.45, 7) is 11.5. The topological polar surface area (TPSA) is 40.5 Å². The number of halogens is 2. The van der Waals surface area contributed by atoms with E-state index < -0.39 is 5.60 Å². The Bertz CT molecular complexity index is 1200. The first kappa shape index (κ1) is 33.0. The molecule has 0 bridgehead atoms. The van der Waals surface area contributed by atoms with E-state index in [1.807, 2.05) is 24.3 Å². The zero-order valence-electron chi connectivity index (χ0n) is 25.3. The van der Waals surface area contributed by atoms with Crippen molar-refractivity contribution in [2.45, 2.75) is 84.7 Å². The first-order valence-corrected chi connectivity index (χ1v) is 15.3. The number of nitrogens with zero attached hydrogens (tertiary/aromatic N) is 1. The van der Waals surface area contributed by atoms with Gasteiger partial charge in [-0.3, -0.25) is 4.79 Å². The van der Waals surface area contributed by atoms with Gasteiger partial charge in [-0.05, 0) is 113 Å². The van der Waals surface area contributed by atoms with Crippen molar-refractivity contribution in [3.63, 3.8) is 0 Å². The number of rotatable bonds is 6. The van der Waals surface area contributed by atoms with Crippen molar-refractivity contribution < 1.29 is 14.3 Å². The van der Waals surface area contributed by atoms with Crippen molar-refractivity contribution >= 4 is 17.4 Å². The highest BCUT2D eigenvalue weighted by atomic mass is 35.5. The highest BCUT2D eigenvalue weighted by molar-refractivity contribution is 6.30. The van der Waals surface area contributed by atoms with E-state index in [4.69, 9.17) is 11.6 Å². The molecule has 0 unspecified atom stereocenters. The second kappa shape index (κ2) is 15.6. The molecule has 0 spiro atoms. The summed E-state index contributed by atoms with van der Waals surface area (Å²) in [6.07, 6.45) is 16.7. The third-order valence-corrected chi connectivity index (χ3v) is 8.38. The van der Waals surface area contributed by atoms with E-state index >= 15 is 0 Å². The molecule has 41 heavy (non-hydrogen) atoms. The Morgan fingerprint density at radius 2 is 1.63 bits per heavy atom. The van der Waals surface area contributed by atoms with Crippen LogP contribution in [-0.4, -0.2) is 35.4 Å². The number of aliphatic hydroxyl groups is 1. The summed E-state index contributed by atoms with van der Waals surface area (Å²) >= 11 is 5.92. The number of benzene rings is 2. The van der Waals surface area contributed by atoms with Crippen molar-refractivity contribution in [1.82, 2.24) is 4.90 Å². The average molecular weight is 580 g/mol. The molecular formula is C36H47ClFNO2. The van der Waals surface area contributed by atoms with Gasteiger partial charge < -0.3 is 10.0 Å². The van der Waals surface area contributed by atoms with E-state index in [0.29, 0.717) is 35.3 Å². The van der Waals surface area contributed by atoms with E-state index in [-0.39, 0.29) is 11.6 Å². The summed E-state index contributed by atoms with van der Waals surface area (Å²) < 4.78 is 12.9. The van der Waals surface area contributed by atoms with Gasteiger partial charge in [0.2, 0.25) is 0 Å². The van der Waals surface area contributed by atoms with Gasteiger partial charge in [-0.25, -0.2) is 4.39 Å². The van der Waals surface area contributed by atoms with Gasteiger partial charge in [0.05, 0.1) is 5.60 Å². The molecule has 3 nitrogen and oxygen atoms in total. The van der Waals surface area contributed by atoms with Gasteiger partial charge in [-0.1, -0.05) is 73.0 Å². The Kier molecular flexibility index (Phi) is 12.6. The molecule has 1 aliphatic carbocycles. The van der Waals surface area contributed by atoms with Gasteiger partial charge in [0.1, 0.15) is 5.82 Å². The predicted molar refractivity (Wildman–Crippen MR) is 170 cm³/mol. The lowest BCUT2D eigenvalue weighted by Crippen LogP contribution is -2.42. The Labute approximate surface area is 251 Å². The fourth-order valence-electron chi connectivity index (χ4n) is 5.24. The summed E-state index contributed by atoms with van der Waals surface area (Å²) in [5.41, 5.74) is 4.01. The minimum absolute atomic E-state index is 0.0414. The van der Waals surface area contributed by atoms with Crippen LogP contribution in [-0.2, 0) is 5.60 Å². The molecule has 222 valence electrons. The van der Waals surface area contributed by atoms with Crippen LogP contribution in [0, 0.1) is 11.2 Å². The van der Waals surface area contributed by atoms with E-state index in [2.05, 4.69) is 56.9 Å². The quantitative estimate of drug-likeness (QED) is 0.274. The molecule has 5 heteroatoms.